The minimum absolute atomic E-state index is 0. The van der Waals surface area contributed by atoms with Crippen LogP contribution in [-0.4, -0.2) is 22.9 Å². The third kappa shape index (κ3) is 6.23. The summed E-state index contributed by atoms with van der Waals surface area (Å²) in [6, 6.07) is 5.51. The molecule has 0 aliphatic carbocycles. The van der Waals surface area contributed by atoms with Crippen LogP contribution < -0.4 is 67.0 Å². The number of nitrogens with two attached hydrogens (primary N) is 1. The average Bonchev–Trinajstić information content (AvgIpc) is 3.00. The Labute approximate surface area is 207 Å². The molecule has 0 saturated carbocycles. The van der Waals surface area contributed by atoms with Gasteiger partial charge in [0, 0.05) is 23.5 Å². The fourth-order valence-electron chi connectivity index (χ4n) is 2.19. The van der Waals surface area contributed by atoms with Crippen LogP contribution in [0, 0.1) is 6.92 Å². The van der Waals surface area contributed by atoms with E-state index >= 15 is 0 Å². The van der Waals surface area contributed by atoms with Crippen molar-refractivity contribution >= 4 is 33.2 Å². The number of thiophene rings is 1. The fourth-order valence-corrected chi connectivity index (χ4v) is 2.96. The Hall–Kier alpha value is -1.03. The number of aliphatic imine (C=N–C) groups is 1. The van der Waals surface area contributed by atoms with Gasteiger partial charge in [-0.05, 0) is 18.1 Å². The van der Waals surface area contributed by atoms with Crippen molar-refractivity contribution in [3.05, 3.63) is 41.7 Å². The molecule has 0 spiro atoms. The van der Waals surface area contributed by atoms with Gasteiger partial charge in [0.1, 0.15) is 21.9 Å². The molecule has 1 aromatic carbocycles. The summed E-state index contributed by atoms with van der Waals surface area (Å²) >= 11 is 1.01. The first-order chi connectivity index (χ1) is 12.6. The molecule has 2 aromatic heterocycles. The summed E-state index contributed by atoms with van der Waals surface area (Å²) in [5, 5.41) is 11.9. The summed E-state index contributed by atoms with van der Waals surface area (Å²) in [6.45, 7) is 9.89. The van der Waals surface area contributed by atoms with Gasteiger partial charge < -0.3 is 15.6 Å². The van der Waals surface area contributed by atoms with Crippen LogP contribution in [0.15, 0.2) is 35.6 Å². The Morgan fingerprint density at radius 3 is 2.41 bits per heavy atom. The zero-order valence-electron chi connectivity index (χ0n) is 17.0. The summed E-state index contributed by atoms with van der Waals surface area (Å²) < 4.78 is 5.27. The maximum absolute atomic E-state index is 12.1. The minimum Gasteiger partial charge on any atom is -0.863 e. The normalized spacial score (nSPS) is 10.1. The number of fused-ring (bicyclic) bond motifs is 1. The standard InChI is InChI=1S/C15H14N4O2S.2C2H6.K/c1-8-9(4-3-5-10(8)21-2)13(16)19-12-11-14(22-15(12)20)18-7-6-17-11;2*1-2;/h3-7,20H,1-2H3,(H2,16,19);2*1-2H3;/q;;;+1/p-1. The number of nitrogens with zero attached hydrogens (tertiary/aromatic N) is 3. The van der Waals surface area contributed by atoms with Crippen molar-refractivity contribution < 1.29 is 61.2 Å². The van der Waals surface area contributed by atoms with Crippen molar-refractivity contribution in [1.29, 1.82) is 0 Å². The van der Waals surface area contributed by atoms with Crippen molar-refractivity contribution in [3.8, 4) is 10.8 Å². The van der Waals surface area contributed by atoms with Crippen LogP contribution in [0.4, 0.5) is 5.69 Å². The molecule has 0 atom stereocenters. The molecule has 0 aliphatic rings. The first-order valence-electron chi connectivity index (χ1n) is 8.50. The van der Waals surface area contributed by atoms with Crippen molar-refractivity contribution in [2.24, 2.45) is 10.7 Å². The van der Waals surface area contributed by atoms with Gasteiger partial charge in [-0.2, -0.15) is 0 Å². The van der Waals surface area contributed by atoms with Crippen LogP contribution in [0.25, 0.3) is 10.3 Å². The van der Waals surface area contributed by atoms with Crippen LogP contribution in [0.3, 0.4) is 0 Å². The molecule has 0 radical (unpaired) electrons. The van der Waals surface area contributed by atoms with Crippen LogP contribution in [-0.2, 0) is 0 Å². The summed E-state index contributed by atoms with van der Waals surface area (Å²) in [7, 11) is 1.59. The van der Waals surface area contributed by atoms with E-state index in [4.69, 9.17) is 10.5 Å². The molecule has 6 nitrogen and oxygen atoms in total. The summed E-state index contributed by atoms with van der Waals surface area (Å²) in [5.74, 6) is 0.965. The van der Waals surface area contributed by atoms with Gasteiger partial charge in [0.25, 0.3) is 0 Å². The molecule has 0 amide bonds. The van der Waals surface area contributed by atoms with Crippen LogP contribution in [0.5, 0.6) is 10.8 Å². The number of amidine groups is 1. The van der Waals surface area contributed by atoms with Crippen LogP contribution in [0.2, 0.25) is 0 Å². The fraction of sp³-hybridized carbons (Fsp3) is 0.316. The number of rotatable bonds is 3. The van der Waals surface area contributed by atoms with Gasteiger partial charge in [0.15, 0.2) is 0 Å². The Balaban J connectivity index is 0.00000127. The van der Waals surface area contributed by atoms with E-state index in [1.165, 1.54) is 6.20 Å². The van der Waals surface area contributed by atoms with Gasteiger partial charge in [0.2, 0.25) is 0 Å². The topological polar surface area (TPSA) is 96.5 Å². The van der Waals surface area contributed by atoms with E-state index in [0.717, 1.165) is 22.5 Å². The predicted octanol–water partition coefficient (Wildman–Crippen LogP) is 1.18. The summed E-state index contributed by atoms with van der Waals surface area (Å²) in [5.41, 5.74) is 8.37. The van der Waals surface area contributed by atoms with Crippen molar-refractivity contribution in [2.75, 3.05) is 7.11 Å². The van der Waals surface area contributed by atoms with Gasteiger partial charge in [0.05, 0.1) is 12.8 Å². The number of ether oxygens (including phenoxy) is 1. The van der Waals surface area contributed by atoms with E-state index in [1.54, 1.807) is 13.3 Å². The molecule has 8 heteroatoms. The molecule has 2 heterocycles. The van der Waals surface area contributed by atoms with Crippen molar-refractivity contribution in [1.82, 2.24) is 9.97 Å². The van der Waals surface area contributed by atoms with E-state index in [-0.39, 0.29) is 68.0 Å². The first kappa shape index (κ1) is 26.0. The predicted molar refractivity (Wildman–Crippen MR) is 108 cm³/mol. The molecule has 140 valence electrons. The SMILES string of the molecule is CC.CC.COc1cccc(C(N)=Nc2c([O-])sc3nccnc23)c1C.[K+]. The second-order valence-electron chi connectivity index (χ2n) is 4.58. The van der Waals surface area contributed by atoms with Gasteiger partial charge in [-0.15, -0.1) is 11.3 Å². The molecule has 27 heavy (non-hydrogen) atoms. The number of methoxy groups -OCH3 is 1. The second-order valence-corrected chi connectivity index (χ2v) is 5.54. The summed E-state index contributed by atoms with van der Waals surface area (Å²) in [6.07, 6.45) is 3.07. The van der Waals surface area contributed by atoms with E-state index < -0.39 is 0 Å². The quantitative estimate of drug-likeness (QED) is 0.396. The molecule has 0 aliphatic heterocycles. The number of benzene rings is 1. The number of aromatic nitrogens is 2. The van der Waals surface area contributed by atoms with Gasteiger partial charge in [-0.3, -0.25) is 0 Å². The van der Waals surface area contributed by atoms with Gasteiger partial charge in [-0.25, -0.2) is 15.0 Å². The maximum atomic E-state index is 12.1. The van der Waals surface area contributed by atoms with E-state index in [2.05, 4.69) is 15.0 Å². The van der Waals surface area contributed by atoms with Crippen LogP contribution >= 0.6 is 11.3 Å². The van der Waals surface area contributed by atoms with Crippen molar-refractivity contribution in [2.45, 2.75) is 34.6 Å². The first-order valence-corrected chi connectivity index (χ1v) is 9.32. The zero-order valence-corrected chi connectivity index (χ0v) is 21.0. The number of hydrogen-bond donors (Lipinski definition) is 1. The molecule has 3 rings (SSSR count). The van der Waals surface area contributed by atoms with E-state index in [1.807, 2.05) is 52.8 Å². The molecular formula is C19H25KN4O2S. The molecule has 0 saturated heterocycles. The third-order valence-corrected chi connectivity index (χ3v) is 4.15. The Morgan fingerprint density at radius 1 is 1.15 bits per heavy atom. The van der Waals surface area contributed by atoms with Gasteiger partial charge in [-0.1, -0.05) is 39.8 Å². The third-order valence-electron chi connectivity index (χ3n) is 3.28. The molecule has 0 fully saturated rings. The largest absolute Gasteiger partial charge is 1.00 e. The molecule has 0 unspecified atom stereocenters. The Kier molecular flexibility index (Phi) is 12.7. The molecule has 2 N–H and O–H groups in total. The molecule has 0 bridgehead atoms. The van der Waals surface area contributed by atoms with E-state index in [9.17, 15) is 5.11 Å². The van der Waals surface area contributed by atoms with Crippen molar-refractivity contribution in [3.63, 3.8) is 0 Å². The minimum atomic E-state index is -0.204. The zero-order chi connectivity index (χ0) is 19.7. The van der Waals surface area contributed by atoms with Crippen LogP contribution in [0.1, 0.15) is 38.8 Å². The second kappa shape index (κ2) is 13.2. The van der Waals surface area contributed by atoms with E-state index in [0.29, 0.717) is 16.1 Å². The smallest absolute Gasteiger partial charge is 0.863 e. The monoisotopic (exact) mass is 412 g/mol. The summed E-state index contributed by atoms with van der Waals surface area (Å²) in [4.78, 5) is 13.1. The number of hydrogen-bond acceptors (Lipinski definition) is 6. The average molecular weight is 413 g/mol. The molecular weight excluding hydrogens is 387 g/mol. The Morgan fingerprint density at radius 2 is 1.78 bits per heavy atom. The van der Waals surface area contributed by atoms with Gasteiger partial charge >= 0.3 is 51.4 Å². The maximum Gasteiger partial charge on any atom is 1.00 e. The molecule has 3 aromatic rings. The Bertz CT molecular complexity index is 881.